The van der Waals surface area contributed by atoms with Gasteiger partial charge in [0.05, 0.1) is 11.1 Å². The number of benzene rings is 3. The first kappa shape index (κ1) is 43.5. The SMILES string of the molecule is CCC1(CC)CC(C)(C)N(c2c(C(C)C)cccc2C(C)C)C1=C(O)c1ccc(C(=O)C2=[N+](c3c(C(C)C)cccc3C(C)C)C(C)(C)CC2(CC)CC)cc1. The number of aliphatic hydroxyl groups excluding tert-OH is 1. The summed E-state index contributed by atoms with van der Waals surface area (Å²) in [5.74, 6) is 1.70. The first-order valence-electron chi connectivity index (χ1n) is 22.0. The van der Waals surface area contributed by atoms with Crippen molar-refractivity contribution in [2.24, 2.45) is 10.8 Å². The fraction of sp³-hybridized carbons (Fsp3) is 0.577. The lowest BCUT2D eigenvalue weighted by molar-refractivity contribution is -0.515. The maximum Gasteiger partial charge on any atom is 0.252 e. The molecule has 56 heavy (non-hydrogen) atoms. The van der Waals surface area contributed by atoms with Gasteiger partial charge in [0.15, 0.2) is 5.54 Å². The second kappa shape index (κ2) is 15.9. The van der Waals surface area contributed by atoms with Gasteiger partial charge < -0.3 is 10.0 Å². The summed E-state index contributed by atoms with van der Waals surface area (Å²) in [6, 6.07) is 21.4. The lowest BCUT2D eigenvalue weighted by Gasteiger charge is -2.39. The molecule has 0 spiro atoms. The predicted molar refractivity (Wildman–Crippen MR) is 240 cm³/mol. The molecule has 3 aromatic rings. The van der Waals surface area contributed by atoms with E-state index >= 15 is 4.79 Å². The number of rotatable bonds is 13. The molecule has 0 radical (unpaired) electrons. The van der Waals surface area contributed by atoms with Gasteiger partial charge in [-0.05, 0) is 80.8 Å². The summed E-state index contributed by atoms with van der Waals surface area (Å²) in [5.41, 5.74) is 10.1. The zero-order valence-electron chi connectivity index (χ0n) is 38.1. The summed E-state index contributed by atoms with van der Waals surface area (Å²) in [6.45, 7) is 36.6. The third-order valence-corrected chi connectivity index (χ3v) is 13.9. The second-order valence-corrected chi connectivity index (χ2v) is 19.8. The lowest BCUT2D eigenvalue weighted by Crippen LogP contribution is -2.39. The maximum atomic E-state index is 15.3. The third-order valence-electron chi connectivity index (χ3n) is 13.9. The van der Waals surface area contributed by atoms with Gasteiger partial charge in [-0.15, -0.1) is 0 Å². The van der Waals surface area contributed by atoms with E-state index < -0.39 is 0 Å². The van der Waals surface area contributed by atoms with Crippen LogP contribution in [0.1, 0.15) is 211 Å². The fourth-order valence-electron chi connectivity index (χ4n) is 10.9. The summed E-state index contributed by atoms with van der Waals surface area (Å²) < 4.78 is 2.47. The van der Waals surface area contributed by atoms with Crippen molar-refractivity contribution in [3.63, 3.8) is 0 Å². The van der Waals surface area contributed by atoms with Gasteiger partial charge in [0.25, 0.3) is 5.78 Å². The highest BCUT2D eigenvalue weighted by Gasteiger charge is 2.59. The average molecular weight is 760 g/mol. The Morgan fingerprint density at radius 3 is 1.45 bits per heavy atom. The standard InChI is InChI=1S/C52H74N2O2/c1-17-51(18-2)31-49(13,14)53(43-39(33(5)6)23-21-24-40(43)34(7)8)47(51)45(55)37-27-29-38(30-28-37)46(56)48-52(19-3,20-4)32-50(15,16)54(48)44-41(35(9)10)25-22-26-42(44)36(11)12/h21-30,33-36H,17-20,31-32H2,1-16H3/p+1. The van der Waals surface area contributed by atoms with Crippen LogP contribution in [0, 0.1) is 10.8 Å². The second-order valence-electron chi connectivity index (χ2n) is 19.8. The number of hydrogen-bond donors (Lipinski definition) is 1. The van der Waals surface area contributed by atoms with Crippen molar-refractivity contribution in [1.82, 2.24) is 0 Å². The average Bonchev–Trinajstić information content (AvgIpc) is 3.56. The molecule has 4 nitrogen and oxygen atoms in total. The Bertz CT molecular complexity index is 1920. The lowest BCUT2D eigenvalue weighted by atomic mass is 9.71. The minimum atomic E-state index is -0.253. The van der Waals surface area contributed by atoms with Crippen molar-refractivity contribution < 1.29 is 14.5 Å². The van der Waals surface area contributed by atoms with Gasteiger partial charge in [-0.1, -0.05) is 144 Å². The number of anilines is 1. The number of aliphatic hydroxyl groups is 1. The minimum absolute atomic E-state index is 0.0961. The normalized spacial score (nSPS) is 19.6. The topological polar surface area (TPSA) is 43.5 Å². The molecule has 0 aliphatic carbocycles. The van der Waals surface area contributed by atoms with Gasteiger partial charge in [0.1, 0.15) is 5.76 Å². The Balaban J connectivity index is 1.76. The van der Waals surface area contributed by atoms with E-state index in [-0.39, 0.29) is 27.7 Å². The summed E-state index contributed by atoms with van der Waals surface area (Å²) in [7, 11) is 0. The Morgan fingerprint density at radius 1 is 0.625 bits per heavy atom. The number of ketones is 1. The Morgan fingerprint density at radius 2 is 1.04 bits per heavy atom. The van der Waals surface area contributed by atoms with Crippen LogP contribution >= 0.6 is 0 Å². The molecule has 4 heteroatoms. The van der Waals surface area contributed by atoms with Gasteiger partial charge in [0, 0.05) is 59.2 Å². The fourth-order valence-corrected chi connectivity index (χ4v) is 10.9. The molecule has 304 valence electrons. The van der Waals surface area contributed by atoms with E-state index in [1.807, 2.05) is 24.3 Å². The van der Waals surface area contributed by atoms with Crippen LogP contribution in [0.5, 0.6) is 0 Å². The molecular formula is C52H75N2O2+. The van der Waals surface area contributed by atoms with Crippen LogP contribution in [0.25, 0.3) is 5.76 Å². The van der Waals surface area contributed by atoms with E-state index in [1.165, 1.54) is 33.6 Å². The zero-order chi connectivity index (χ0) is 41.7. The smallest absolute Gasteiger partial charge is 0.252 e. The van der Waals surface area contributed by atoms with Gasteiger partial charge in [-0.3, -0.25) is 4.79 Å². The van der Waals surface area contributed by atoms with E-state index in [9.17, 15) is 5.11 Å². The van der Waals surface area contributed by atoms with Crippen LogP contribution in [-0.2, 0) is 0 Å². The molecule has 0 amide bonds. The highest BCUT2D eigenvalue weighted by molar-refractivity contribution is 6.46. The van der Waals surface area contributed by atoms with E-state index in [0.29, 0.717) is 35.0 Å². The highest BCUT2D eigenvalue weighted by atomic mass is 16.3. The molecule has 2 heterocycles. The van der Waals surface area contributed by atoms with E-state index in [1.54, 1.807) is 0 Å². The van der Waals surface area contributed by atoms with Gasteiger partial charge in [0.2, 0.25) is 11.4 Å². The zero-order valence-corrected chi connectivity index (χ0v) is 38.1. The molecule has 1 saturated heterocycles. The number of allylic oxidation sites excluding steroid dienone is 1. The number of hydrogen-bond acceptors (Lipinski definition) is 3. The van der Waals surface area contributed by atoms with Crippen LogP contribution in [0.4, 0.5) is 11.4 Å². The molecule has 0 atom stereocenters. The Labute approximate surface area is 341 Å². The number of Topliss-reactive ketones (excluding diaryl/α,β-unsaturated/α-hetero) is 1. The predicted octanol–water partition coefficient (Wildman–Crippen LogP) is 14.9. The van der Waals surface area contributed by atoms with Crippen molar-refractivity contribution in [3.05, 3.63) is 99.7 Å². The molecule has 2 aliphatic heterocycles. The summed E-state index contributed by atoms with van der Waals surface area (Å²) in [6.07, 6.45) is 5.51. The Hall–Kier alpha value is -3.66. The number of para-hydroxylation sites is 2. The van der Waals surface area contributed by atoms with E-state index in [4.69, 9.17) is 0 Å². The maximum absolute atomic E-state index is 15.3. The van der Waals surface area contributed by atoms with Crippen LogP contribution in [0.2, 0.25) is 0 Å². The van der Waals surface area contributed by atoms with Crippen LogP contribution < -0.4 is 4.90 Å². The van der Waals surface area contributed by atoms with Crippen molar-refractivity contribution in [3.8, 4) is 0 Å². The minimum Gasteiger partial charge on any atom is -0.505 e. The first-order chi connectivity index (χ1) is 26.2. The first-order valence-corrected chi connectivity index (χ1v) is 22.0. The molecule has 0 bridgehead atoms. The quantitative estimate of drug-likeness (QED) is 0.107. The van der Waals surface area contributed by atoms with Crippen molar-refractivity contribution >= 4 is 28.6 Å². The summed E-state index contributed by atoms with van der Waals surface area (Å²) in [5, 5.41) is 12.7. The highest BCUT2D eigenvalue weighted by Crippen LogP contribution is 2.59. The van der Waals surface area contributed by atoms with Crippen molar-refractivity contribution in [1.29, 1.82) is 0 Å². The molecule has 1 fully saturated rings. The number of nitrogens with zero attached hydrogens (tertiary/aromatic N) is 2. The van der Waals surface area contributed by atoms with Crippen LogP contribution in [0.3, 0.4) is 0 Å². The molecule has 3 aromatic carbocycles. The van der Waals surface area contributed by atoms with Crippen LogP contribution in [-0.4, -0.2) is 32.3 Å². The van der Waals surface area contributed by atoms with Crippen LogP contribution in [0.15, 0.2) is 66.4 Å². The monoisotopic (exact) mass is 760 g/mol. The molecule has 0 aromatic heterocycles. The van der Waals surface area contributed by atoms with E-state index in [2.05, 4.69) is 157 Å². The molecule has 2 aliphatic rings. The number of carbonyl (C=O) groups excluding carboxylic acids is 1. The molecular weight excluding hydrogens is 685 g/mol. The largest absolute Gasteiger partial charge is 0.505 e. The van der Waals surface area contributed by atoms with Crippen molar-refractivity contribution in [2.45, 2.75) is 184 Å². The summed E-state index contributed by atoms with van der Waals surface area (Å²) in [4.78, 5) is 17.8. The summed E-state index contributed by atoms with van der Waals surface area (Å²) >= 11 is 0. The van der Waals surface area contributed by atoms with Gasteiger partial charge >= 0.3 is 0 Å². The van der Waals surface area contributed by atoms with Gasteiger partial charge in [-0.2, -0.15) is 4.58 Å². The molecule has 0 saturated carbocycles. The number of carbonyl (C=O) groups is 1. The van der Waals surface area contributed by atoms with E-state index in [0.717, 1.165) is 55.5 Å². The molecule has 5 rings (SSSR count). The van der Waals surface area contributed by atoms with Crippen molar-refractivity contribution in [2.75, 3.05) is 4.90 Å². The molecule has 0 unspecified atom stereocenters. The third kappa shape index (κ3) is 7.21. The molecule has 1 N–H and O–H groups in total. The van der Waals surface area contributed by atoms with Gasteiger partial charge in [-0.25, -0.2) is 0 Å². The Kier molecular flexibility index (Phi) is 12.4.